The van der Waals surface area contributed by atoms with Crippen molar-refractivity contribution in [3.8, 4) is 0 Å². The molecule has 0 spiro atoms. The number of nitrogens with one attached hydrogen (secondary N) is 1. The van der Waals surface area contributed by atoms with Gasteiger partial charge in [-0.25, -0.2) is 0 Å². The normalized spacial score (nSPS) is 22.4. The molecule has 3 heteroatoms. The minimum absolute atomic E-state index is 0.285. The second kappa shape index (κ2) is 6.24. The molecule has 0 bridgehead atoms. The molecule has 1 rings (SSSR count). The van der Waals surface area contributed by atoms with Gasteiger partial charge in [0.2, 0.25) is 5.91 Å². The minimum atomic E-state index is 0.285. The van der Waals surface area contributed by atoms with E-state index >= 15 is 0 Å². The Balaban J connectivity index is 2.33. The fraction of sp³-hybridized carbons (Fsp3) is 0.923. The SMILES string of the molecule is CC(C)CC(C)N(C)C(=O)CC1CCCN1. The van der Waals surface area contributed by atoms with Crippen LogP contribution in [0.4, 0.5) is 0 Å². The molecule has 0 aliphatic carbocycles. The molecular formula is C13H26N2O. The summed E-state index contributed by atoms with van der Waals surface area (Å²) in [5.41, 5.74) is 0. The van der Waals surface area contributed by atoms with Crippen LogP contribution in [0.3, 0.4) is 0 Å². The number of carbonyl (C=O) groups is 1. The zero-order chi connectivity index (χ0) is 12.1. The molecule has 0 aromatic carbocycles. The highest BCUT2D eigenvalue weighted by molar-refractivity contribution is 5.76. The first-order valence-electron chi connectivity index (χ1n) is 6.49. The molecule has 1 N–H and O–H groups in total. The quantitative estimate of drug-likeness (QED) is 0.778. The molecule has 94 valence electrons. The second-order valence-corrected chi connectivity index (χ2v) is 5.48. The molecule has 2 atom stereocenters. The predicted molar refractivity (Wildman–Crippen MR) is 67.3 cm³/mol. The van der Waals surface area contributed by atoms with E-state index in [1.807, 2.05) is 11.9 Å². The first-order valence-corrected chi connectivity index (χ1v) is 6.49. The number of hydrogen-bond donors (Lipinski definition) is 1. The van der Waals surface area contributed by atoms with Gasteiger partial charge in [0.15, 0.2) is 0 Å². The average molecular weight is 226 g/mol. The lowest BCUT2D eigenvalue weighted by molar-refractivity contribution is -0.132. The highest BCUT2D eigenvalue weighted by Gasteiger charge is 2.22. The van der Waals surface area contributed by atoms with E-state index in [-0.39, 0.29) is 5.91 Å². The lowest BCUT2D eigenvalue weighted by Crippen LogP contribution is -2.39. The molecule has 2 unspecified atom stereocenters. The summed E-state index contributed by atoms with van der Waals surface area (Å²) in [5.74, 6) is 0.933. The average Bonchev–Trinajstić information content (AvgIpc) is 2.68. The standard InChI is InChI=1S/C13H26N2O/c1-10(2)8-11(3)15(4)13(16)9-12-6-5-7-14-12/h10-12,14H,5-9H2,1-4H3. The van der Waals surface area contributed by atoms with Crippen molar-refractivity contribution >= 4 is 5.91 Å². The Morgan fingerprint density at radius 3 is 2.62 bits per heavy atom. The molecule has 1 aliphatic heterocycles. The van der Waals surface area contributed by atoms with E-state index in [1.54, 1.807) is 0 Å². The van der Waals surface area contributed by atoms with Gasteiger partial charge in [0.05, 0.1) is 0 Å². The summed E-state index contributed by atoms with van der Waals surface area (Å²) in [6.07, 6.45) is 4.11. The molecule has 0 radical (unpaired) electrons. The smallest absolute Gasteiger partial charge is 0.224 e. The van der Waals surface area contributed by atoms with Gasteiger partial charge in [-0.1, -0.05) is 13.8 Å². The van der Waals surface area contributed by atoms with Crippen LogP contribution in [0.5, 0.6) is 0 Å². The van der Waals surface area contributed by atoms with Gasteiger partial charge >= 0.3 is 0 Å². The summed E-state index contributed by atoms with van der Waals surface area (Å²) in [4.78, 5) is 13.9. The highest BCUT2D eigenvalue weighted by Crippen LogP contribution is 2.14. The van der Waals surface area contributed by atoms with E-state index in [0.29, 0.717) is 24.4 Å². The van der Waals surface area contributed by atoms with Gasteiger partial charge in [-0.05, 0) is 38.6 Å². The zero-order valence-corrected chi connectivity index (χ0v) is 11.1. The van der Waals surface area contributed by atoms with Crippen molar-refractivity contribution in [3.05, 3.63) is 0 Å². The molecule has 16 heavy (non-hydrogen) atoms. The zero-order valence-electron chi connectivity index (χ0n) is 11.1. The van der Waals surface area contributed by atoms with Gasteiger partial charge in [0.1, 0.15) is 0 Å². The third kappa shape index (κ3) is 4.12. The molecule has 1 amide bonds. The topological polar surface area (TPSA) is 32.3 Å². The van der Waals surface area contributed by atoms with Crippen LogP contribution in [-0.2, 0) is 4.79 Å². The first-order chi connectivity index (χ1) is 7.50. The van der Waals surface area contributed by atoms with Crippen molar-refractivity contribution in [2.24, 2.45) is 5.92 Å². The molecule has 1 aliphatic rings. The maximum atomic E-state index is 12.0. The fourth-order valence-corrected chi connectivity index (χ4v) is 2.37. The first kappa shape index (κ1) is 13.5. The lowest BCUT2D eigenvalue weighted by atomic mass is 10.0. The summed E-state index contributed by atoms with van der Waals surface area (Å²) >= 11 is 0. The van der Waals surface area contributed by atoms with Crippen molar-refractivity contribution in [1.82, 2.24) is 10.2 Å². The van der Waals surface area contributed by atoms with Crippen molar-refractivity contribution in [2.45, 2.75) is 58.5 Å². The second-order valence-electron chi connectivity index (χ2n) is 5.48. The Morgan fingerprint density at radius 2 is 2.12 bits per heavy atom. The van der Waals surface area contributed by atoms with Crippen LogP contribution >= 0.6 is 0 Å². The van der Waals surface area contributed by atoms with Crippen LogP contribution in [-0.4, -0.2) is 36.5 Å². The van der Waals surface area contributed by atoms with Gasteiger partial charge in [0.25, 0.3) is 0 Å². The third-order valence-corrected chi connectivity index (χ3v) is 3.45. The van der Waals surface area contributed by atoms with Gasteiger partial charge in [-0.2, -0.15) is 0 Å². The summed E-state index contributed by atoms with van der Waals surface area (Å²) < 4.78 is 0. The summed E-state index contributed by atoms with van der Waals surface area (Å²) in [6.45, 7) is 7.61. The van der Waals surface area contributed by atoms with E-state index in [4.69, 9.17) is 0 Å². The van der Waals surface area contributed by atoms with Crippen LogP contribution in [0, 0.1) is 5.92 Å². The van der Waals surface area contributed by atoms with Crippen LogP contribution in [0.2, 0.25) is 0 Å². The largest absolute Gasteiger partial charge is 0.343 e. The number of amides is 1. The molecule has 0 saturated carbocycles. The molecule has 1 heterocycles. The summed E-state index contributed by atoms with van der Waals surface area (Å²) in [5, 5.41) is 3.37. The van der Waals surface area contributed by atoms with Crippen molar-refractivity contribution in [1.29, 1.82) is 0 Å². The number of carbonyl (C=O) groups excluding carboxylic acids is 1. The maximum absolute atomic E-state index is 12.0. The van der Waals surface area contributed by atoms with Gasteiger partial charge in [0, 0.05) is 25.6 Å². The molecule has 1 fully saturated rings. The molecule has 0 aromatic rings. The monoisotopic (exact) mass is 226 g/mol. The molecule has 1 saturated heterocycles. The lowest BCUT2D eigenvalue weighted by Gasteiger charge is -2.27. The number of hydrogen-bond acceptors (Lipinski definition) is 2. The Morgan fingerprint density at radius 1 is 1.44 bits per heavy atom. The van der Waals surface area contributed by atoms with E-state index in [9.17, 15) is 4.79 Å². The number of rotatable bonds is 5. The molecular weight excluding hydrogens is 200 g/mol. The van der Waals surface area contributed by atoms with Crippen LogP contribution in [0.25, 0.3) is 0 Å². The van der Waals surface area contributed by atoms with Crippen molar-refractivity contribution in [2.75, 3.05) is 13.6 Å². The Bertz CT molecular complexity index is 222. The maximum Gasteiger partial charge on any atom is 0.224 e. The number of nitrogens with zero attached hydrogens (tertiary/aromatic N) is 1. The van der Waals surface area contributed by atoms with Crippen LogP contribution in [0.1, 0.15) is 46.5 Å². The van der Waals surface area contributed by atoms with Crippen molar-refractivity contribution in [3.63, 3.8) is 0 Å². The van der Waals surface area contributed by atoms with E-state index in [1.165, 1.54) is 6.42 Å². The van der Waals surface area contributed by atoms with Crippen LogP contribution in [0.15, 0.2) is 0 Å². The predicted octanol–water partition coefficient (Wildman–Crippen LogP) is 2.02. The molecule has 0 aromatic heterocycles. The third-order valence-electron chi connectivity index (χ3n) is 3.45. The summed E-state index contributed by atoms with van der Waals surface area (Å²) in [7, 11) is 1.93. The van der Waals surface area contributed by atoms with E-state index in [0.717, 1.165) is 19.4 Å². The van der Waals surface area contributed by atoms with Crippen molar-refractivity contribution < 1.29 is 4.79 Å². The van der Waals surface area contributed by atoms with Crippen LogP contribution < -0.4 is 5.32 Å². The van der Waals surface area contributed by atoms with E-state index in [2.05, 4.69) is 26.1 Å². The fourth-order valence-electron chi connectivity index (χ4n) is 2.37. The van der Waals surface area contributed by atoms with Gasteiger partial charge in [-0.15, -0.1) is 0 Å². The van der Waals surface area contributed by atoms with E-state index < -0.39 is 0 Å². The molecule has 3 nitrogen and oxygen atoms in total. The Kier molecular flexibility index (Phi) is 5.26. The minimum Gasteiger partial charge on any atom is -0.343 e. The highest BCUT2D eigenvalue weighted by atomic mass is 16.2. The Hall–Kier alpha value is -0.570. The summed E-state index contributed by atoms with van der Waals surface area (Å²) in [6, 6.07) is 0.773. The van der Waals surface area contributed by atoms with Gasteiger partial charge < -0.3 is 10.2 Å². The van der Waals surface area contributed by atoms with Gasteiger partial charge in [-0.3, -0.25) is 4.79 Å². The Labute approximate surface area is 99.6 Å².